The number of hydrogen-bond donors (Lipinski definition) is 5. The maximum atomic E-state index is 11.2. The van der Waals surface area contributed by atoms with E-state index in [2.05, 4.69) is 25.6 Å². The lowest BCUT2D eigenvalue weighted by Crippen LogP contribution is -2.30. The number of hydrogen-bond acceptors (Lipinski definition) is 8. The van der Waals surface area contributed by atoms with Gasteiger partial charge in [-0.05, 0) is 32.7 Å². The fourth-order valence-corrected chi connectivity index (χ4v) is 1.70. The van der Waals surface area contributed by atoms with E-state index in [1.165, 1.54) is 0 Å². The van der Waals surface area contributed by atoms with E-state index in [1.54, 1.807) is 6.92 Å². The number of nitrogens with two attached hydrogens (primary N) is 1. The van der Waals surface area contributed by atoms with Crippen molar-refractivity contribution >= 4 is 17.9 Å². The van der Waals surface area contributed by atoms with Crippen molar-refractivity contribution in [3.63, 3.8) is 0 Å². The maximum absolute atomic E-state index is 11.2. The van der Waals surface area contributed by atoms with E-state index in [4.69, 9.17) is 10.8 Å². The molecule has 9 heteroatoms. The molecule has 1 rings (SSSR count). The molecule has 21 heavy (non-hydrogen) atoms. The summed E-state index contributed by atoms with van der Waals surface area (Å²) in [5.41, 5.74) is 5.40. The van der Waals surface area contributed by atoms with E-state index in [0.717, 1.165) is 6.42 Å². The second kappa shape index (κ2) is 9.03. The molecule has 9 nitrogen and oxygen atoms in total. The van der Waals surface area contributed by atoms with E-state index in [0.29, 0.717) is 37.7 Å². The second-order valence-electron chi connectivity index (χ2n) is 4.50. The van der Waals surface area contributed by atoms with Crippen molar-refractivity contribution < 1.29 is 15.0 Å². The third kappa shape index (κ3) is 6.32. The SMILES string of the molecule is Cc1nc(NCCO)nc(NC(CCCCN)C(=O)O)n1. The first-order valence-electron chi connectivity index (χ1n) is 6.83. The number of carboxylic acid groups (broad SMARTS) is 1. The number of aliphatic hydroxyl groups is 1. The highest BCUT2D eigenvalue weighted by molar-refractivity contribution is 5.76. The van der Waals surface area contributed by atoms with Crippen molar-refractivity contribution in [1.82, 2.24) is 15.0 Å². The average Bonchev–Trinajstić information content (AvgIpc) is 2.43. The fourth-order valence-electron chi connectivity index (χ4n) is 1.70. The minimum absolute atomic E-state index is 0.0513. The summed E-state index contributed by atoms with van der Waals surface area (Å²) in [4.78, 5) is 23.4. The van der Waals surface area contributed by atoms with Gasteiger partial charge in [-0.2, -0.15) is 15.0 Å². The summed E-state index contributed by atoms with van der Waals surface area (Å²) in [7, 11) is 0. The van der Waals surface area contributed by atoms with Gasteiger partial charge >= 0.3 is 5.97 Å². The Morgan fingerprint density at radius 1 is 1.29 bits per heavy atom. The van der Waals surface area contributed by atoms with Crippen molar-refractivity contribution in [3.8, 4) is 0 Å². The number of carboxylic acids is 1. The lowest BCUT2D eigenvalue weighted by Gasteiger charge is -2.15. The first kappa shape index (κ1) is 17.1. The summed E-state index contributed by atoms with van der Waals surface area (Å²) < 4.78 is 0. The second-order valence-corrected chi connectivity index (χ2v) is 4.50. The number of nitrogens with zero attached hydrogens (tertiary/aromatic N) is 3. The Hall–Kier alpha value is -2.00. The van der Waals surface area contributed by atoms with Gasteiger partial charge in [0.25, 0.3) is 0 Å². The molecule has 0 bridgehead atoms. The molecule has 6 N–H and O–H groups in total. The van der Waals surface area contributed by atoms with Crippen LogP contribution in [-0.2, 0) is 4.79 Å². The highest BCUT2D eigenvalue weighted by Crippen LogP contribution is 2.10. The largest absolute Gasteiger partial charge is 0.480 e. The number of aliphatic hydroxyl groups excluding tert-OH is 1. The van der Waals surface area contributed by atoms with Crippen LogP contribution in [0.15, 0.2) is 0 Å². The summed E-state index contributed by atoms with van der Waals surface area (Å²) >= 11 is 0. The molecule has 0 spiro atoms. The number of unbranched alkanes of at least 4 members (excludes halogenated alkanes) is 1. The number of aromatic nitrogens is 3. The van der Waals surface area contributed by atoms with Crippen LogP contribution in [0.25, 0.3) is 0 Å². The summed E-state index contributed by atoms with van der Waals surface area (Å²) in [6.07, 6.45) is 1.92. The Labute approximate surface area is 123 Å². The third-order valence-corrected chi connectivity index (χ3v) is 2.69. The van der Waals surface area contributed by atoms with Crippen molar-refractivity contribution in [2.24, 2.45) is 5.73 Å². The Morgan fingerprint density at radius 3 is 2.62 bits per heavy atom. The third-order valence-electron chi connectivity index (χ3n) is 2.69. The molecular weight excluding hydrogens is 276 g/mol. The quantitative estimate of drug-likeness (QED) is 0.363. The van der Waals surface area contributed by atoms with E-state index < -0.39 is 12.0 Å². The molecule has 1 aromatic heterocycles. The molecule has 0 amide bonds. The van der Waals surface area contributed by atoms with Gasteiger partial charge in [0.15, 0.2) is 0 Å². The predicted octanol–water partition coefficient (Wildman–Crippen LogP) is -0.422. The molecule has 1 heterocycles. The van der Waals surface area contributed by atoms with Crippen LogP contribution in [0.5, 0.6) is 0 Å². The van der Waals surface area contributed by atoms with E-state index in [-0.39, 0.29) is 12.6 Å². The minimum atomic E-state index is -0.963. The van der Waals surface area contributed by atoms with Gasteiger partial charge in [0.05, 0.1) is 6.61 Å². The maximum Gasteiger partial charge on any atom is 0.326 e. The van der Waals surface area contributed by atoms with Crippen LogP contribution in [0.1, 0.15) is 25.1 Å². The molecule has 0 aliphatic rings. The van der Waals surface area contributed by atoms with Crippen LogP contribution in [0.4, 0.5) is 11.9 Å². The Kier molecular flexibility index (Phi) is 7.33. The van der Waals surface area contributed by atoms with Gasteiger partial charge in [-0.1, -0.05) is 0 Å². The Morgan fingerprint density at radius 2 is 2.00 bits per heavy atom. The van der Waals surface area contributed by atoms with E-state index in [1.807, 2.05) is 0 Å². The van der Waals surface area contributed by atoms with E-state index >= 15 is 0 Å². The molecule has 0 fully saturated rings. The van der Waals surface area contributed by atoms with Crippen LogP contribution in [0.2, 0.25) is 0 Å². The van der Waals surface area contributed by atoms with Crippen LogP contribution in [-0.4, -0.2) is 56.9 Å². The summed E-state index contributed by atoms with van der Waals surface area (Å²) in [5.74, 6) is -0.0118. The summed E-state index contributed by atoms with van der Waals surface area (Å²) in [5, 5.41) is 23.6. The average molecular weight is 298 g/mol. The van der Waals surface area contributed by atoms with Gasteiger partial charge in [-0.25, -0.2) is 4.79 Å². The normalized spacial score (nSPS) is 12.0. The number of carbonyl (C=O) groups is 1. The summed E-state index contributed by atoms with van der Waals surface area (Å²) in [6.45, 7) is 2.47. The molecule has 0 aliphatic carbocycles. The molecule has 0 aromatic carbocycles. The van der Waals surface area contributed by atoms with Crippen molar-refractivity contribution in [1.29, 1.82) is 0 Å². The van der Waals surface area contributed by atoms with Gasteiger partial charge in [-0.15, -0.1) is 0 Å². The zero-order valence-corrected chi connectivity index (χ0v) is 12.0. The van der Waals surface area contributed by atoms with Crippen molar-refractivity contribution in [2.45, 2.75) is 32.2 Å². The van der Waals surface area contributed by atoms with Gasteiger partial charge in [0, 0.05) is 6.54 Å². The number of aliphatic carboxylic acids is 1. The molecule has 118 valence electrons. The van der Waals surface area contributed by atoms with Crippen LogP contribution in [0, 0.1) is 6.92 Å². The number of anilines is 2. The van der Waals surface area contributed by atoms with Gasteiger partial charge in [0.2, 0.25) is 11.9 Å². The molecule has 1 atom stereocenters. The van der Waals surface area contributed by atoms with Gasteiger partial charge < -0.3 is 26.6 Å². The minimum Gasteiger partial charge on any atom is -0.480 e. The number of aryl methyl sites for hydroxylation is 1. The zero-order valence-electron chi connectivity index (χ0n) is 12.0. The lowest BCUT2D eigenvalue weighted by molar-refractivity contribution is -0.138. The van der Waals surface area contributed by atoms with Crippen LogP contribution in [0.3, 0.4) is 0 Å². The molecule has 0 saturated heterocycles. The highest BCUT2D eigenvalue weighted by Gasteiger charge is 2.18. The fraction of sp³-hybridized carbons (Fsp3) is 0.667. The van der Waals surface area contributed by atoms with Crippen molar-refractivity contribution in [2.75, 3.05) is 30.3 Å². The van der Waals surface area contributed by atoms with Crippen LogP contribution >= 0.6 is 0 Å². The van der Waals surface area contributed by atoms with Gasteiger partial charge in [0.1, 0.15) is 11.9 Å². The topological polar surface area (TPSA) is 146 Å². The standard InChI is InChI=1S/C12H22N6O3/c1-8-15-11(14-6-7-19)18-12(16-8)17-9(10(20)21)4-2-3-5-13/h9,19H,2-7,13H2,1H3,(H,20,21)(H2,14,15,16,17,18). The summed E-state index contributed by atoms with van der Waals surface area (Å²) in [6, 6.07) is -0.774. The Balaban J connectivity index is 2.73. The smallest absolute Gasteiger partial charge is 0.326 e. The van der Waals surface area contributed by atoms with E-state index in [9.17, 15) is 9.90 Å². The Bertz CT molecular complexity index is 457. The number of nitrogens with one attached hydrogen (secondary N) is 2. The highest BCUT2D eigenvalue weighted by atomic mass is 16.4. The number of rotatable bonds is 10. The lowest BCUT2D eigenvalue weighted by atomic mass is 10.1. The first-order chi connectivity index (χ1) is 10.1. The predicted molar refractivity (Wildman–Crippen MR) is 78.1 cm³/mol. The molecule has 1 unspecified atom stereocenters. The molecule has 0 aliphatic heterocycles. The van der Waals surface area contributed by atoms with Gasteiger partial charge in [-0.3, -0.25) is 0 Å². The molecular formula is C12H22N6O3. The molecule has 0 radical (unpaired) electrons. The molecule has 0 saturated carbocycles. The monoisotopic (exact) mass is 298 g/mol. The van der Waals surface area contributed by atoms with Crippen LogP contribution < -0.4 is 16.4 Å². The molecule has 1 aromatic rings. The first-order valence-corrected chi connectivity index (χ1v) is 6.83. The van der Waals surface area contributed by atoms with Crippen molar-refractivity contribution in [3.05, 3.63) is 5.82 Å². The zero-order chi connectivity index (χ0) is 15.7.